The van der Waals surface area contributed by atoms with Gasteiger partial charge in [-0.05, 0) is 146 Å². The van der Waals surface area contributed by atoms with Gasteiger partial charge in [0.15, 0.2) is 0 Å². The summed E-state index contributed by atoms with van der Waals surface area (Å²) in [7, 11) is 0. The molecule has 8 rings (SSSR count). The molecule has 0 spiro atoms. The number of rotatable bonds is 4. The number of anilines is 2. The molecule has 0 unspecified atom stereocenters. The summed E-state index contributed by atoms with van der Waals surface area (Å²) in [5.74, 6) is 2.98. The molecule has 4 bridgehead atoms. The van der Waals surface area contributed by atoms with E-state index in [-0.39, 0.29) is 10.8 Å². The molecule has 0 amide bonds. The third-order valence-electron chi connectivity index (χ3n) is 12.6. The summed E-state index contributed by atoms with van der Waals surface area (Å²) >= 11 is 0. The minimum atomic E-state index is 0.101. The molecule has 0 aromatic heterocycles. The third-order valence-corrected chi connectivity index (χ3v) is 12.6. The smallest absolute Gasteiger partial charge is 0.142 e. The van der Waals surface area contributed by atoms with Gasteiger partial charge < -0.3 is 21.7 Å². The van der Waals surface area contributed by atoms with Crippen LogP contribution in [0.25, 0.3) is 0 Å². The van der Waals surface area contributed by atoms with Crippen molar-refractivity contribution in [3.05, 3.63) is 45.5 Å². The number of phenolic OH excluding ortho intramolecular Hbond substituents is 2. The number of nitrogen functional groups attached to an aromatic ring is 2. The maximum absolute atomic E-state index is 11.3. The summed E-state index contributed by atoms with van der Waals surface area (Å²) in [5.41, 5.74) is 22.2. The second-order valence-corrected chi connectivity index (χ2v) is 15.0. The predicted octanol–water partition coefficient (Wildman–Crippen LogP) is 8.76. The van der Waals surface area contributed by atoms with Crippen LogP contribution in [0.5, 0.6) is 11.5 Å². The Bertz CT molecular complexity index is 1210. The number of nitrogens with two attached hydrogens (primary N) is 2. The highest BCUT2D eigenvalue weighted by Gasteiger charge is 2.59. The molecule has 0 radical (unpaired) electrons. The van der Waals surface area contributed by atoms with Gasteiger partial charge in [-0.1, -0.05) is 50.7 Å². The van der Waals surface area contributed by atoms with Crippen molar-refractivity contribution in [3.63, 3.8) is 0 Å². The molecule has 6 fully saturated rings. The first-order chi connectivity index (χ1) is 19.2. The van der Waals surface area contributed by atoms with E-state index in [1.165, 1.54) is 81.8 Å². The van der Waals surface area contributed by atoms with E-state index in [1.54, 1.807) is 0 Å². The van der Waals surface area contributed by atoms with E-state index in [4.69, 9.17) is 11.5 Å². The van der Waals surface area contributed by atoms with Crippen molar-refractivity contribution in [2.24, 2.45) is 11.8 Å². The lowest BCUT2D eigenvalue weighted by Gasteiger charge is -2.63. The molecule has 2 aromatic rings. The lowest BCUT2D eigenvalue weighted by molar-refractivity contribution is -0.0286. The zero-order chi connectivity index (χ0) is 27.8. The van der Waals surface area contributed by atoms with E-state index < -0.39 is 0 Å². The minimum Gasteiger partial charge on any atom is -0.505 e. The standard InChI is InChI=1S/C36H50N2O2/c1-21-29(14-27(33(39)31(21)37)25-9-5-3-6-10-25)35-16-23-13-24(17-35)19-36(18-23,20-35)30-15-28(26-11-7-4-8-12-26)34(40)32(38)22(30)2/h14-15,23-26,39-40H,3-13,16-20,37-38H2,1-2H3. The lowest BCUT2D eigenvalue weighted by atomic mass is 9.41. The van der Waals surface area contributed by atoms with E-state index in [0.29, 0.717) is 46.5 Å². The average Bonchev–Trinajstić information content (AvgIpc) is 2.95. The molecule has 6 saturated carbocycles. The molecule has 6 aliphatic carbocycles. The first-order valence-electron chi connectivity index (χ1n) is 16.5. The van der Waals surface area contributed by atoms with Crippen LogP contribution >= 0.6 is 0 Å². The van der Waals surface area contributed by atoms with Crippen molar-refractivity contribution in [3.8, 4) is 11.5 Å². The summed E-state index contributed by atoms with van der Waals surface area (Å²) in [4.78, 5) is 0. The zero-order valence-electron chi connectivity index (χ0n) is 24.8. The van der Waals surface area contributed by atoms with Crippen LogP contribution in [0.4, 0.5) is 11.4 Å². The Hall–Kier alpha value is -2.36. The van der Waals surface area contributed by atoms with Crippen molar-refractivity contribution >= 4 is 11.4 Å². The Morgan fingerprint density at radius 3 is 1.38 bits per heavy atom. The lowest BCUT2D eigenvalue weighted by Crippen LogP contribution is -2.56. The number of aromatic hydroxyl groups is 2. The van der Waals surface area contributed by atoms with Gasteiger partial charge in [0.1, 0.15) is 11.5 Å². The summed E-state index contributed by atoms with van der Waals surface area (Å²) in [5, 5.41) is 22.5. The number of hydrogen-bond acceptors (Lipinski definition) is 4. The molecule has 4 nitrogen and oxygen atoms in total. The second kappa shape index (κ2) is 9.60. The average molecular weight is 543 g/mol. The molecule has 6 aliphatic rings. The summed E-state index contributed by atoms with van der Waals surface area (Å²) in [6.07, 6.45) is 19.7. The zero-order valence-corrected chi connectivity index (χ0v) is 24.8. The van der Waals surface area contributed by atoms with E-state index in [9.17, 15) is 10.2 Å². The Balaban J connectivity index is 1.34. The summed E-state index contributed by atoms with van der Waals surface area (Å²) in [6.45, 7) is 4.32. The number of hydrogen-bond donors (Lipinski definition) is 4. The molecule has 4 heteroatoms. The van der Waals surface area contributed by atoms with Gasteiger partial charge in [-0.3, -0.25) is 0 Å². The van der Waals surface area contributed by atoms with E-state index in [1.807, 2.05) is 0 Å². The Kier molecular flexibility index (Phi) is 6.37. The van der Waals surface area contributed by atoms with Gasteiger partial charge in [-0.15, -0.1) is 0 Å². The van der Waals surface area contributed by atoms with Gasteiger partial charge in [-0.2, -0.15) is 0 Å². The van der Waals surface area contributed by atoms with Crippen LogP contribution in [-0.2, 0) is 10.8 Å². The van der Waals surface area contributed by atoms with Crippen molar-refractivity contribution in [1.29, 1.82) is 0 Å². The Morgan fingerprint density at radius 1 is 0.625 bits per heavy atom. The normalized spacial score (nSPS) is 32.5. The van der Waals surface area contributed by atoms with Crippen LogP contribution < -0.4 is 11.5 Å². The molecule has 40 heavy (non-hydrogen) atoms. The number of benzene rings is 2. The SMILES string of the molecule is Cc1c(C23CC4CC(C2)CC(c2cc(C5CCCCC5)c(O)c(N)c2C)(C4)C3)cc(C2CCCCC2)c(O)c1N. The largest absolute Gasteiger partial charge is 0.505 e. The maximum atomic E-state index is 11.3. The fraction of sp³-hybridized carbons (Fsp3) is 0.667. The van der Waals surface area contributed by atoms with Crippen LogP contribution in [0, 0.1) is 25.7 Å². The van der Waals surface area contributed by atoms with Crippen molar-refractivity contribution in [2.75, 3.05) is 11.5 Å². The molecule has 6 N–H and O–H groups in total. The molecular weight excluding hydrogens is 492 g/mol. The van der Waals surface area contributed by atoms with Crippen molar-refractivity contribution < 1.29 is 10.2 Å². The highest BCUT2D eigenvalue weighted by molar-refractivity contribution is 5.68. The third kappa shape index (κ3) is 3.98. The Morgan fingerprint density at radius 2 is 1.00 bits per heavy atom. The quantitative estimate of drug-likeness (QED) is 0.229. The van der Waals surface area contributed by atoms with Gasteiger partial charge in [0.25, 0.3) is 0 Å². The van der Waals surface area contributed by atoms with Crippen LogP contribution in [0.1, 0.15) is 148 Å². The van der Waals surface area contributed by atoms with Gasteiger partial charge >= 0.3 is 0 Å². The van der Waals surface area contributed by atoms with Gasteiger partial charge in [0.05, 0.1) is 11.4 Å². The van der Waals surface area contributed by atoms with Crippen LogP contribution in [0.15, 0.2) is 12.1 Å². The first-order valence-corrected chi connectivity index (χ1v) is 16.5. The van der Waals surface area contributed by atoms with Crippen LogP contribution in [0.2, 0.25) is 0 Å². The van der Waals surface area contributed by atoms with Crippen molar-refractivity contribution in [1.82, 2.24) is 0 Å². The highest BCUT2D eigenvalue weighted by atomic mass is 16.3. The summed E-state index contributed by atoms with van der Waals surface area (Å²) < 4.78 is 0. The fourth-order valence-electron chi connectivity index (χ4n) is 11.1. The highest BCUT2D eigenvalue weighted by Crippen LogP contribution is 2.68. The molecule has 216 valence electrons. The Labute approximate surface area is 240 Å². The molecule has 2 aromatic carbocycles. The number of phenols is 2. The first kappa shape index (κ1) is 26.5. The van der Waals surface area contributed by atoms with Gasteiger partial charge in [0.2, 0.25) is 0 Å². The van der Waals surface area contributed by atoms with E-state index in [0.717, 1.165) is 54.4 Å². The van der Waals surface area contributed by atoms with E-state index in [2.05, 4.69) is 26.0 Å². The molecule has 0 heterocycles. The van der Waals surface area contributed by atoms with Crippen molar-refractivity contribution in [2.45, 2.75) is 139 Å². The molecule has 0 aliphatic heterocycles. The summed E-state index contributed by atoms with van der Waals surface area (Å²) in [6, 6.07) is 4.84. The van der Waals surface area contributed by atoms with Crippen LogP contribution in [0.3, 0.4) is 0 Å². The van der Waals surface area contributed by atoms with E-state index >= 15 is 0 Å². The van der Waals surface area contributed by atoms with Crippen LogP contribution in [-0.4, -0.2) is 10.2 Å². The predicted molar refractivity (Wildman–Crippen MR) is 164 cm³/mol. The topological polar surface area (TPSA) is 92.5 Å². The second-order valence-electron chi connectivity index (χ2n) is 15.0. The van der Waals surface area contributed by atoms with Gasteiger partial charge in [0, 0.05) is 0 Å². The molecule has 0 atom stereocenters. The van der Waals surface area contributed by atoms with Gasteiger partial charge in [-0.25, -0.2) is 0 Å². The molecular formula is C36H50N2O2. The fourth-order valence-corrected chi connectivity index (χ4v) is 11.1. The monoisotopic (exact) mass is 542 g/mol. The maximum Gasteiger partial charge on any atom is 0.142 e. The minimum absolute atomic E-state index is 0.101. The molecule has 0 saturated heterocycles.